The van der Waals surface area contributed by atoms with E-state index in [1.54, 1.807) is 28.9 Å². The largest absolute Gasteiger partial charge is 0.493 e. The third-order valence-corrected chi connectivity index (χ3v) is 6.67. The van der Waals surface area contributed by atoms with Crippen LogP contribution in [0.25, 0.3) is 11.0 Å². The molecular formula is C21H23F3N3O2P3. The zero-order valence-corrected chi connectivity index (χ0v) is 20.7. The minimum absolute atomic E-state index is 0.0539. The molecule has 3 aromatic rings. The van der Waals surface area contributed by atoms with E-state index in [1.165, 1.54) is 4.90 Å². The average Bonchev–Trinajstić information content (AvgIpc) is 3.06. The van der Waals surface area contributed by atoms with Crippen molar-refractivity contribution in [2.75, 3.05) is 11.5 Å². The highest BCUT2D eigenvalue weighted by atomic mass is 31.0. The Balaban J connectivity index is 1.70. The molecule has 0 aliphatic carbocycles. The fraction of sp³-hybridized carbons (Fsp3) is 0.333. The van der Waals surface area contributed by atoms with Gasteiger partial charge in [-0.1, -0.05) is 16.2 Å². The summed E-state index contributed by atoms with van der Waals surface area (Å²) in [6.45, 7) is 2.29. The van der Waals surface area contributed by atoms with Gasteiger partial charge in [0.1, 0.15) is 23.3 Å². The van der Waals surface area contributed by atoms with Gasteiger partial charge < -0.3 is 14.0 Å². The van der Waals surface area contributed by atoms with Gasteiger partial charge in [-0.25, -0.2) is 18.2 Å². The lowest BCUT2D eigenvalue weighted by Crippen LogP contribution is -2.58. The Morgan fingerprint density at radius 3 is 2.50 bits per heavy atom. The Bertz CT molecular complexity index is 1150. The van der Waals surface area contributed by atoms with Crippen LogP contribution in [0, 0.1) is 17.6 Å². The SMILES string of the molecule is CC(P)CCOc1cc(F)c([C@H]2C(C(F)P)C(=O)N2c2ccc3c(c2)ncn3P)c(F)c1. The van der Waals surface area contributed by atoms with Crippen molar-refractivity contribution in [1.82, 2.24) is 9.32 Å². The van der Waals surface area contributed by atoms with E-state index in [9.17, 15) is 9.18 Å². The molecule has 5 nitrogen and oxygen atoms in total. The van der Waals surface area contributed by atoms with E-state index in [-0.39, 0.29) is 11.3 Å². The fourth-order valence-electron chi connectivity index (χ4n) is 3.88. The molecule has 0 saturated carbocycles. The van der Waals surface area contributed by atoms with Crippen LogP contribution in [-0.4, -0.2) is 33.4 Å². The number of aromatic nitrogens is 2. The summed E-state index contributed by atoms with van der Waals surface area (Å²) < 4.78 is 51.6. The Kier molecular flexibility index (Phi) is 6.77. The molecule has 1 aliphatic rings. The first kappa shape index (κ1) is 23.4. The first-order valence-electron chi connectivity index (χ1n) is 10.0. The van der Waals surface area contributed by atoms with E-state index in [4.69, 9.17) is 4.74 Å². The molecule has 7 atom stereocenters. The van der Waals surface area contributed by atoms with Crippen LogP contribution >= 0.6 is 27.9 Å². The summed E-state index contributed by atoms with van der Waals surface area (Å²) in [6, 6.07) is 6.07. The molecule has 1 aliphatic heterocycles. The van der Waals surface area contributed by atoms with Crippen LogP contribution in [0.1, 0.15) is 24.9 Å². The van der Waals surface area contributed by atoms with Gasteiger partial charge in [-0.2, -0.15) is 0 Å². The number of carbonyl (C=O) groups is 1. The molecule has 170 valence electrons. The van der Waals surface area contributed by atoms with Crippen LogP contribution in [0.3, 0.4) is 0 Å². The maximum absolute atomic E-state index is 15.1. The Morgan fingerprint density at radius 2 is 1.88 bits per heavy atom. The van der Waals surface area contributed by atoms with E-state index in [1.807, 2.05) is 16.2 Å². The van der Waals surface area contributed by atoms with Gasteiger partial charge in [-0.15, -0.1) is 9.24 Å². The zero-order chi connectivity index (χ0) is 23.2. The lowest BCUT2D eigenvalue weighted by atomic mass is 9.81. The van der Waals surface area contributed by atoms with Crippen molar-refractivity contribution in [3.63, 3.8) is 0 Å². The number of anilines is 1. The number of fused-ring (bicyclic) bond motifs is 1. The van der Waals surface area contributed by atoms with Gasteiger partial charge in [0.25, 0.3) is 0 Å². The predicted molar refractivity (Wildman–Crippen MR) is 129 cm³/mol. The summed E-state index contributed by atoms with van der Waals surface area (Å²) in [6.07, 6.45) is 2.29. The molecule has 0 N–H and O–H groups in total. The van der Waals surface area contributed by atoms with E-state index in [0.29, 0.717) is 29.9 Å². The molecule has 1 aromatic heterocycles. The van der Waals surface area contributed by atoms with Crippen molar-refractivity contribution in [2.24, 2.45) is 5.92 Å². The predicted octanol–water partition coefficient (Wildman–Crippen LogP) is 4.86. The van der Waals surface area contributed by atoms with Crippen LogP contribution in [0.4, 0.5) is 18.9 Å². The van der Waals surface area contributed by atoms with Crippen molar-refractivity contribution < 1.29 is 22.7 Å². The van der Waals surface area contributed by atoms with Crippen LogP contribution < -0.4 is 9.64 Å². The van der Waals surface area contributed by atoms with E-state index < -0.39 is 35.4 Å². The number of β-lactam (4-membered cyclic amide) rings is 1. The molecule has 2 heterocycles. The first-order valence-corrected chi connectivity index (χ1v) is 11.9. The lowest BCUT2D eigenvalue weighted by molar-refractivity contribution is -0.132. The number of benzene rings is 2. The average molecular weight is 499 g/mol. The van der Waals surface area contributed by atoms with E-state index >= 15 is 8.78 Å². The number of rotatable bonds is 7. The molecule has 0 bridgehead atoms. The number of hydrogen-bond acceptors (Lipinski definition) is 3. The summed E-state index contributed by atoms with van der Waals surface area (Å²) in [5.74, 6) is -5.13. The minimum atomic E-state index is -1.66. The maximum atomic E-state index is 15.1. The molecule has 6 unspecified atom stereocenters. The van der Waals surface area contributed by atoms with Crippen molar-refractivity contribution in [3.05, 3.63) is 53.9 Å². The molecule has 0 spiro atoms. The lowest BCUT2D eigenvalue weighted by Gasteiger charge is -2.48. The minimum Gasteiger partial charge on any atom is -0.493 e. The molecule has 4 rings (SSSR count). The standard InChI is InChI=1S/C21H23F3N3O2P3/c1-10(30)4-5-29-12-7-13(22)17(14(23)8-12)19-18(20(24)31)21(28)27(19)11-2-3-16-15(6-11)25-9-26(16)32/h2-3,6-10,18-20H,4-5,30-32H2,1H3/t10?,18?,19-,20?/m0/s1. The molecule has 1 amide bonds. The van der Waals surface area contributed by atoms with Gasteiger partial charge in [0.2, 0.25) is 5.91 Å². The second-order valence-electron chi connectivity index (χ2n) is 7.86. The van der Waals surface area contributed by atoms with E-state index in [0.717, 1.165) is 17.6 Å². The number of ether oxygens (including phenoxy) is 1. The molecule has 32 heavy (non-hydrogen) atoms. The number of imidazole rings is 1. The molecule has 1 saturated heterocycles. The highest BCUT2D eigenvalue weighted by Gasteiger charge is 2.54. The number of carbonyl (C=O) groups excluding carboxylic acids is 1. The van der Waals surface area contributed by atoms with E-state index in [2.05, 4.69) is 23.6 Å². The van der Waals surface area contributed by atoms with Crippen LogP contribution in [0.2, 0.25) is 0 Å². The van der Waals surface area contributed by atoms with Gasteiger partial charge >= 0.3 is 0 Å². The zero-order valence-electron chi connectivity index (χ0n) is 17.2. The quantitative estimate of drug-likeness (QED) is 0.345. The highest BCUT2D eigenvalue weighted by molar-refractivity contribution is 7.17. The molecular weight excluding hydrogens is 476 g/mol. The van der Waals surface area contributed by atoms with Gasteiger partial charge in [-0.05, 0) is 39.7 Å². The van der Waals surface area contributed by atoms with Crippen LogP contribution in [-0.2, 0) is 4.79 Å². The highest BCUT2D eigenvalue weighted by Crippen LogP contribution is 2.49. The second-order valence-corrected chi connectivity index (χ2v) is 10.2. The topological polar surface area (TPSA) is 47.4 Å². The Hall–Kier alpha value is -1.74. The third kappa shape index (κ3) is 4.25. The summed E-state index contributed by atoms with van der Waals surface area (Å²) in [7, 11) is 7.03. The number of amides is 1. The maximum Gasteiger partial charge on any atom is 0.236 e. The number of hydrogen-bond donors (Lipinski definition) is 0. The van der Waals surface area contributed by atoms with Crippen LogP contribution in [0.5, 0.6) is 5.75 Å². The summed E-state index contributed by atoms with van der Waals surface area (Å²) in [5, 5.41) is 0. The van der Waals surface area contributed by atoms with Gasteiger partial charge in [-0.3, -0.25) is 4.79 Å². The second kappa shape index (κ2) is 9.25. The Morgan fingerprint density at radius 1 is 1.19 bits per heavy atom. The molecule has 0 radical (unpaired) electrons. The van der Waals surface area contributed by atoms with Crippen molar-refractivity contribution in [2.45, 2.75) is 31.0 Å². The van der Waals surface area contributed by atoms with Gasteiger partial charge in [0.05, 0.1) is 35.9 Å². The smallest absolute Gasteiger partial charge is 0.236 e. The molecule has 2 aromatic carbocycles. The first-order chi connectivity index (χ1) is 15.2. The molecule has 11 heteroatoms. The Labute approximate surface area is 190 Å². The van der Waals surface area contributed by atoms with Gasteiger partial charge in [0, 0.05) is 23.4 Å². The number of halogens is 3. The van der Waals surface area contributed by atoms with Crippen molar-refractivity contribution in [1.29, 1.82) is 0 Å². The summed E-state index contributed by atoms with van der Waals surface area (Å²) >= 11 is 0. The van der Waals surface area contributed by atoms with Gasteiger partial charge in [0.15, 0.2) is 0 Å². The number of nitrogens with zero attached hydrogens (tertiary/aromatic N) is 3. The summed E-state index contributed by atoms with van der Waals surface area (Å²) in [4.78, 5) is 18.3. The van der Waals surface area contributed by atoms with Crippen molar-refractivity contribution in [3.8, 4) is 5.75 Å². The molecule has 1 fully saturated rings. The summed E-state index contributed by atoms with van der Waals surface area (Å²) in [5.41, 5.74) is 1.74. The fourth-order valence-corrected chi connectivity index (χ4v) is 4.67. The number of alkyl halides is 1. The van der Waals surface area contributed by atoms with Crippen LogP contribution in [0.15, 0.2) is 36.7 Å². The third-order valence-electron chi connectivity index (χ3n) is 5.51. The monoisotopic (exact) mass is 499 g/mol. The normalized spacial score (nSPS) is 20.3. The van der Waals surface area contributed by atoms with Crippen molar-refractivity contribution >= 4 is 50.5 Å².